The van der Waals surface area contributed by atoms with Crippen LogP contribution in [0.4, 0.5) is 0 Å². The van der Waals surface area contributed by atoms with Gasteiger partial charge in [-0.25, -0.2) is 4.57 Å². The zero-order chi connectivity index (χ0) is 50.2. The quantitative estimate of drug-likeness (QED) is 0.0264. The summed E-state index contributed by atoms with van der Waals surface area (Å²) in [6.45, 7) is 3.77. The molecule has 0 bridgehead atoms. The molecule has 0 aromatic carbocycles. The van der Waals surface area contributed by atoms with Crippen LogP contribution in [0.5, 0.6) is 0 Å². The third-order valence-electron chi connectivity index (χ3n) is 13.3. The fourth-order valence-corrected chi connectivity index (χ4v) is 9.67. The minimum Gasteiger partial charge on any atom is -0.462 e. The van der Waals surface area contributed by atoms with Crippen LogP contribution in [0.15, 0.2) is 24.3 Å². The molecule has 0 aliphatic carbocycles. The van der Waals surface area contributed by atoms with Crippen LogP contribution in [0.2, 0.25) is 0 Å². The Kier molecular flexibility index (Phi) is 54.6. The molecule has 0 aromatic rings. The number of unbranched alkanes of at least 4 members (excludes halogenated alkanes) is 40. The van der Waals surface area contributed by atoms with Crippen molar-refractivity contribution < 1.29 is 37.6 Å². The highest BCUT2D eigenvalue weighted by Crippen LogP contribution is 2.43. The summed E-state index contributed by atoms with van der Waals surface area (Å²) in [6.07, 6.45) is 65.3. The summed E-state index contributed by atoms with van der Waals surface area (Å²) in [5.74, 6) is -0.816. The molecule has 0 aliphatic heterocycles. The van der Waals surface area contributed by atoms with Gasteiger partial charge in [-0.05, 0) is 44.9 Å². The summed E-state index contributed by atoms with van der Waals surface area (Å²) < 4.78 is 33.0. The molecular formula is C59H114NO8P. The first kappa shape index (κ1) is 67.5. The number of carbonyl (C=O) groups is 2. The van der Waals surface area contributed by atoms with Gasteiger partial charge in [0.25, 0.3) is 0 Å². The second-order valence-electron chi connectivity index (χ2n) is 20.2. The molecule has 0 aromatic heterocycles. The van der Waals surface area contributed by atoms with E-state index in [4.69, 9.17) is 24.3 Å². The maximum absolute atomic E-state index is 12.7. The van der Waals surface area contributed by atoms with Gasteiger partial charge in [0.1, 0.15) is 6.61 Å². The molecular weight excluding hydrogens is 882 g/mol. The van der Waals surface area contributed by atoms with Gasteiger partial charge in [-0.1, -0.05) is 276 Å². The van der Waals surface area contributed by atoms with E-state index in [1.54, 1.807) is 0 Å². The van der Waals surface area contributed by atoms with Crippen LogP contribution < -0.4 is 5.73 Å². The van der Waals surface area contributed by atoms with Crippen molar-refractivity contribution >= 4 is 19.8 Å². The number of esters is 2. The van der Waals surface area contributed by atoms with E-state index < -0.39 is 26.5 Å². The van der Waals surface area contributed by atoms with Crippen LogP contribution in [0.3, 0.4) is 0 Å². The number of carbonyl (C=O) groups excluding carboxylic acids is 2. The Morgan fingerprint density at radius 1 is 0.435 bits per heavy atom. The van der Waals surface area contributed by atoms with Crippen molar-refractivity contribution in [2.45, 2.75) is 315 Å². The highest BCUT2D eigenvalue weighted by atomic mass is 31.2. The van der Waals surface area contributed by atoms with Crippen molar-refractivity contribution in [3.8, 4) is 0 Å². The van der Waals surface area contributed by atoms with E-state index in [1.165, 1.54) is 225 Å². The van der Waals surface area contributed by atoms with Gasteiger partial charge in [0, 0.05) is 19.4 Å². The van der Waals surface area contributed by atoms with Gasteiger partial charge in [0.05, 0.1) is 13.2 Å². The molecule has 0 rings (SSSR count). The van der Waals surface area contributed by atoms with Crippen molar-refractivity contribution in [1.29, 1.82) is 0 Å². The number of allylic oxidation sites excluding steroid dienone is 4. The van der Waals surface area contributed by atoms with E-state index in [-0.39, 0.29) is 38.6 Å². The lowest BCUT2D eigenvalue weighted by atomic mass is 10.0. The Hall–Kier alpha value is -1.51. The molecule has 0 amide bonds. The highest BCUT2D eigenvalue weighted by molar-refractivity contribution is 7.47. The summed E-state index contributed by atoms with van der Waals surface area (Å²) in [4.78, 5) is 35.2. The third-order valence-corrected chi connectivity index (χ3v) is 14.3. The number of nitrogens with two attached hydrogens (primary N) is 1. The number of ether oxygens (including phenoxy) is 2. The van der Waals surface area contributed by atoms with Crippen molar-refractivity contribution in [3.63, 3.8) is 0 Å². The maximum atomic E-state index is 12.7. The number of rotatable bonds is 57. The molecule has 0 fully saturated rings. The summed E-state index contributed by atoms with van der Waals surface area (Å²) in [5, 5.41) is 0. The van der Waals surface area contributed by atoms with E-state index in [2.05, 4.69) is 38.2 Å². The van der Waals surface area contributed by atoms with Crippen LogP contribution in [-0.4, -0.2) is 49.3 Å². The molecule has 2 unspecified atom stereocenters. The zero-order valence-electron chi connectivity index (χ0n) is 45.6. The average Bonchev–Trinajstić information content (AvgIpc) is 3.34. The van der Waals surface area contributed by atoms with Gasteiger partial charge in [0.15, 0.2) is 6.10 Å². The van der Waals surface area contributed by atoms with Gasteiger partial charge in [0.2, 0.25) is 0 Å². The van der Waals surface area contributed by atoms with Crippen molar-refractivity contribution in [2.24, 2.45) is 5.73 Å². The lowest BCUT2D eigenvalue weighted by Crippen LogP contribution is -2.29. The van der Waals surface area contributed by atoms with Gasteiger partial charge in [-0.15, -0.1) is 0 Å². The zero-order valence-corrected chi connectivity index (χ0v) is 46.5. The second-order valence-corrected chi connectivity index (χ2v) is 21.7. The smallest absolute Gasteiger partial charge is 0.462 e. The lowest BCUT2D eigenvalue weighted by molar-refractivity contribution is -0.161. The van der Waals surface area contributed by atoms with Gasteiger partial charge in [-0.2, -0.15) is 0 Å². The first-order chi connectivity index (χ1) is 33.8. The molecule has 408 valence electrons. The van der Waals surface area contributed by atoms with E-state index in [0.717, 1.165) is 51.4 Å². The first-order valence-corrected chi connectivity index (χ1v) is 31.3. The number of hydrogen-bond donors (Lipinski definition) is 2. The predicted octanol–water partition coefficient (Wildman–Crippen LogP) is 18.6. The van der Waals surface area contributed by atoms with Crippen LogP contribution in [-0.2, 0) is 32.7 Å². The SMILES string of the molecule is CCCCC/C=C\C/C=C\CCCCCCCCCCCC(=O)OC(COC(=O)CCCCCCCCCCCCCCCCCCCCCCCCCCCCCCC)COP(=O)(O)OCCN. The third kappa shape index (κ3) is 55.7. The average molecular weight is 997 g/mol. The van der Waals surface area contributed by atoms with Crippen molar-refractivity contribution in [3.05, 3.63) is 24.3 Å². The second kappa shape index (κ2) is 55.8. The number of hydrogen-bond acceptors (Lipinski definition) is 8. The Balaban J connectivity index is 3.87. The molecule has 0 saturated heterocycles. The van der Waals surface area contributed by atoms with Crippen LogP contribution in [0.1, 0.15) is 309 Å². The fourth-order valence-electron chi connectivity index (χ4n) is 8.91. The number of phosphoric ester groups is 1. The first-order valence-electron chi connectivity index (χ1n) is 29.8. The minimum atomic E-state index is -4.38. The van der Waals surface area contributed by atoms with Crippen LogP contribution in [0.25, 0.3) is 0 Å². The molecule has 2 atom stereocenters. The summed E-state index contributed by atoms with van der Waals surface area (Å²) >= 11 is 0. The molecule has 0 radical (unpaired) electrons. The van der Waals surface area contributed by atoms with Gasteiger partial charge >= 0.3 is 19.8 Å². The largest absolute Gasteiger partial charge is 0.472 e. The molecule has 10 heteroatoms. The topological polar surface area (TPSA) is 134 Å². The normalized spacial score (nSPS) is 13.2. The van der Waals surface area contributed by atoms with Crippen LogP contribution in [0, 0.1) is 0 Å². The molecule has 0 aliphatic rings. The Morgan fingerprint density at radius 2 is 0.754 bits per heavy atom. The molecule has 69 heavy (non-hydrogen) atoms. The van der Waals surface area contributed by atoms with E-state index in [1.807, 2.05) is 0 Å². The van der Waals surface area contributed by atoms with Gasteiger partial charge < -0.3 is 20.1 Å². The minimum absolute atomic E-state index is 0.0548. The van der Waals surface area contributed by atoms with E-state index in [0.29, 0.717) is 6.42 Å². The van der Waals surface area contributed by atoms with E-state index in [9.17, 15) is 19.0 Å². The van der Waals surface area contributed by atoms with Crippen molar-refractivity contribution in [1.82, 2.24) is 0 Å². The highest BCUT2D eigenvalue weighted by Gasteiger charge is 2.26. The molecule has 9 nitrogen and oxygen atoms in total. The summed E-state index contributed by atoms with van der Waals surface area (Å²) in [5.41, 5.74) is 5.38. The summed E-state index contributed by atoms with van der Waals surface area (Å²) in [6, 6.07) is 0. The standard InChI is InChI=1S/C59H114NO8P/c1-3-5-7-9-11-13-15-17-19-21-23-24-25-26-27-28-29-30-31-32-34-35-37-39-41-43-45-47-49-51-58(61)65-55-57(56-67-69(63,64)66-54-53-60)68-59(62)52-50-48-46-44-42-40-38-36-33-22-20-18-16-14-12-10-8-6-4-2/h12,14,18,20,57H,3-11,13,15-17,19,21-56,60H2,1-2H3,(H,63,64)/b14-12-,20-18-. The Labute approximate surface area is 427 Å². The predicted molar refractivity (Wildman–Crippen MR) is 294 cm³/mol. The van der Waals surface area contributed by atoms with Gasteiger partial charge in [-0.3, -0.25) is 18.6 Å². The Morgan fingerprint density at radius 3 is 1.13 bits per heavy atom. The molecule has 0 heterocycles. The van der Waals surface area contributed by atoms with Crippen LogP contribution >= 0.6 is 7.82 Å². The number of phosphoric acid groups is 1. The van der Waals surface area contributed by atoms with Crippen molar-refractivity contribution in [2.75, 3.05) is 26.4 Å². The van der Waals surface area contributed by atoms with E-state index >= 15 is 0 Å². The molecule has 3 N–H and O–H groups in total. The molecule has 0 spiro atoms. The molecule has 0 saturated carbocycles. The Bertz CT molecular complexity index is 1180. The fraction of sp³-hybridized carbons (Fsp3) is 0.898. The monoisotopic (exact) mass is 996 g/mol. The maximum Gasteiger partial charge on any atom is 0.472 e. The summed E-state index contributed by atoms with van der Waals surface area (Å²) in [7, 11) is -4.38. The lowest BCUT2D eigenvalue weighted by Gasteiger charge is -2.19.